The lowest BCUT2D eigenvalue weighted by Gasteiger charge is -2.29. The Balaban J connectivity index is 2.11. The minimum atomic E-state index is -5.92. The van der Waals surface area contributed by atoms with Gasteiger partial charge in [-0.3, -0.25) is 4.55 Å². The zero-order valence-corrected chi connectivity index (χ0v) is 11.5. The first-order chi connectivity index (χ1) is 9.62. The molecule has 0 amide bonds. The molecule has 122 valence electrons. The molecule has 0 radical (unpaired) electrons. The highest BCUT2D eigenvalue weighted by molar-refractivity contribution is 7.87. The summed E-state index contributed by atoms with van der Waals surface area (Å²) in [5.74, 6) is -3.85. The SMILES string of the molecule is O=C(OC1CCCC12OCC(CO)O2)C(F)(F)S(=O)(=O)O. The maximum Gasteiger partial charge on any atom is 0.465 e. The quantitative estimate of drug-likeness (QED) is 0.530. The van der Waals surface area contributed by atoms with Crippen LogP contribution in [0.3, 0.4) is 0 Å². The van der Waals surface area contributed by atoms with Crippen molar-refractivity contribution < 1.29 is 45.9 Å². The second-order valence-corrected chi connectivity index (χ2v) is 6.29. The van der Waals surface area contributed by atoms with E-state index in [1.807, 2.05) is 0 Å². The normalized spacial score (nSPS) is 33.5. The summed E-state index contributed by atoms with van der Waals surface area (Å²) in [6.45, 7) is -0.358. The van der Waals surface area contributed by atoms with E-state index in [1.165, 1.54) is 0 Å². The van der Waals surface area contributed by atoms with Gasteiger partial charge in [0.2, 0.25) is 5.79 Å². The van der Waals surface area contributed by atoms with Gasteiger partial charge in [0.15, 0.2) is 6.10 Å². The summed E-state index contributed by atoms with van der Waals surface area (Å²) in [6, 6.07) is 0. The molecule has 3 atom stereocenters. The second-order valence-electron chi connectivity index (χ2n) is 4.82. The summed E-state index contributed by atoms with van der Waals surface area (Å²) in [6.07, 6.45) is -1.10. The van der Waals surface area contributed by atoms with E-state index in [0.717, 1.165) is 0 Å². The number of hydrogen-bond donors (Lipinski definition) is 2. The van der Waals surface area contributed by atoms with Crippen molar-refractivity contribution in [1.29, 1.82) is 0 Å². The fourth-order valence-electron chi connectivity index (χ4n) is 2.34. The molecule has 8 nitrogen and oxygen atoms in total. The molecule has 1 spiro atoms. The average molecular weight is 332 g/mol. The lowest BCUT2D eigenvalue weighted by atomic mass is 10.2. The molecule has 1 aliphatic carbocycles. The van der Waals surface area contributed by atoms with Crippen LogP contribution in [0.2, 0.25) is 0 Å². The number of carbonyl (C=O) groups excluding carboxylic acids is 1. The summed E-state index contributed by atoms with van der Waals surface area (Å²) in [5, 5.41) is 3.90. The monoisotopic (exact) mass is 332 g/mol. The van der Waals surface area contributed by atoms with Crippen molar-refractivity contribution in [3.05, 3.63) is 0 Å². The largest absolute Gasteiger partial charge is 0.465 e. The van der Waals surface area contributed by atoms with Gasteiger partial charge in [0.1, 0.15) is 6.10 Å². The topological polar surface area (TPSA) is 119 Å². The van der Waals surface area contributed by atoms with Gasteiger partial charge in [0.25, 0.3) is 0 Å². The van der Waals surface area contributed by atoms with Crippen molar-refractivity contribution in [2.45, 2.75) is 42.5 Å². The molecule has 11 heteroatoms. The Hall–Kier alpha value is -0.880. The maximum absolute atomic E-state index is 13.2. The Morgan fingerprint density at radius 3 is 2.67 bits per heavy atom. The number of aliphatic hydroxyl groups is 1. The van der Waals surface area contributed by atoms with E-state index < -0.39 is 39.3 Å². The Kier molecular flexibility index (Phi) is 4.23. The number of alkyl halides is 2. The highest BCUT2D eigenvalue weighted by Crippen LogP contribution is 2.42. The van der Waals surface area contributed by atoms with Crippen LogP contribution in [0.25, 0.3) is 0 Å². The molecule has 21 heavy (non-hydrogen) atoms. The number of hydrogen-bond acceptors (Lipinski definition) is 7. The lowest BCUT2D eigenvalue weighted by molar-refractivity contribution is -0.233. The molecule has 3 unspecified atom stereocenters. The lowest BCUT2D eigenvalue weighted by Crippen LogP contribution is -2.47. The van der Waals surface area contributed by atoms with E-state index in [4.69, 9.17) is 19.1 Å². The molecular weight excluding hydrogens is 318 g/mol. The first kappa shape index (κ1) is 16.5. The third-order valence-corrected chi connectivity index (χ3v) is 4.19. The molecular formula is C10H14F2O8S. The van der Waals surface area contributed by atoms with Crippen LogP contribution in [0, 0.1) is 0 Å². The van der Waals surface area contributed by atoms with Crippen molar-refractivity contribution in [1.82, 2.24) is 0 Å². The fraction of sp³-hybridized carbons (Fsp3) is 0.900. The zero-order valence-electron chi connectivity index (χ0n) is 10.7. The summed E-state index contributed by atoms with van der Waals surface area (Å²) in [5.41, 5.74) is 0. The van der Waals surface area contributed by atoms with Crippen LogP contribution < -0.4 is 0 Å². The van der Waals surface area contributed by atoms with E-state index in [9.17, 15) is 22.0 Å². The Morgan fingerprint density at radius 1 is 1.48 bits per heavy atom. The van der Waals surface area contributed by atoms with Crippen molar-refractivity contribution in [3.63, 3.8) is 0 Å². The molecule has 1 heterocycles. The molecule has 0 aromatic heterocycles. The first-order valence-corrected chi connectivity index (χ1v) is 7.55. The highest BCUT2D eigenvalue weighted by Gasteiger charge is 2.59. The Bertz CT molecular complexity index is 521. The van der Waals surface area contributed by atoms with E-state index >= 15 is 0 Å². The van der Waals surface area contributed by atoms with E-state index in [2.05, 4.69) is 4.74 Å². The Morgan fingerprint density at radius 2 is 2.14 bits per heavy atom. The number of aliphatic hydroxyl groups excluding tert-OH is 1. The minimum Gasteiger partial charge on any atom is -0.451 e. The number of halogens is 2. The van der Waals surface area contributed by atoms with Gasteiger partial charge in [-0.25, -0.2) is 4.79 Å². The summed E-state index contributed by atoms with van der Waals surface area (Å²) in [4.78, 5) is 11.3. The number of ether oxygens (including phenoxy) is 3. The van der Waals surface area contributed by atoms with Crippen LogP contribution >= 0.6 is 0 Å². The number of carbonyl (C=O) groups is 1. The van der Waals surface area contributed by atoms with Gasteiger partial charge in [-0.05, 0) is 12.8 Å². The molecule has 0 bridgehead atoms. The van der Waals surface area contributed by atoms with Gasteiger partial charge in [-0.15, -0.1) is 0 Å². The van der Waals surface area contributed by atoms with Gasteiger partial charge >= 0.3 is 21.3 Å². The van der Waals surface area contributed by atoms with Crippen molar-refractivity contribution in [3.8, 4) is 0 Å². The van der Waals surface area contributed by atoms with Crippen LogP contribution in [-0.2, 0) is 29.1 Å². The number of esters is 1. The molecule has 2 N–H and O–H groups in total. The maximum atomic E-state index is 13.2. The van der Waals surface area contributed by atoms with Crippen LogP contribution in [0.15, 0.2) is 0 Å². The molecule has 2 aliphatic rings. The minimum absolute atomic E-state index is 0.000752. The smallest absolute Gasteiger partial charge is 0.451 e. The van der Waals surface area contributed by atoms with Crippen molar-refractivity contribution >= 4 is 16.1 Å². The third kappa shape index (κ3) is 2.88. The first-order valence-electron chi connectivity index (χ1n) is 6.11. The predicted octanol–water partition coefficient (Wildman–Crippen LogP) is -0.333. The molecule has 1 saturated carbocycles. The second kappa shape index (κ2) is 5.39. The highest BCUT2D eigenvalue weighted by atomic mass is 32.2. The summed E-state index contributed by atoms with van der Waals surface area (Å²) >= 11 is 0. The zero-order chi connectivity index (χ0) is 15.9. The third-order valence-electron chi connectivity index (χ3n) is 3.38. The number of rotatable bonds is 4. The fourth-order valence-corrected chi connectivity index (χ4v) is 2.60. The predicted molar refractivity (Wildman–Crippen MR) is 60.9 cm³/mol. The van der Waals surface area contributed by atoms with E-state index in [0.29, 0.717) is 6.42 Å². The average Bonchev–Trinajstić information content (AvgIpc) is 2.97. The molecule has 0 aromatic carbocycles. The van der Waals surface area contributed by atoms with E-state index in [1.54, 1.807) is 0 Å². The molecule has 2 rings (SSSR count). The molecule has 0 aromatic rings. The standard InChI is InChI=1S/C10H14F2O8S/c11-10(12,21(15,16)17)8(14)19-7-2-1-3-9(7)18-5-6(4-13)20-9/h6-7,13H,1-5H2,(H,15,16,17). The van der Waals surface area contributed by atoms with Gasteiger partial charge in [0, 0.05) is 6.42 Å². The summed E-state index contributed by atoms with van der Waals surface area (Å²) < 4.78 is 70.8. The van der Waals surface area contributed by atoms with Gasteiger partial charge in [0.05, 0.1) is 13.2 Å². The molecule has 2 fully saturated rings. The van der Waals surface area contributed by atoms with Gasteiger partial charge in [-0.1, -0.05) is 0 Å². The van der Waals surface area contributed by atoms with Gasteiger partial charge in [-0.2, -0.15) is 17.2 Å². The molecule has 1 saturated heterocycles. The summed E-state index contributed by atoms with van der Waals surface area (Å²) in [7, 11) is -5.92. The van der Waals surface area contributed by atoms with Crippen molar-refractivity contribution in [2.75, 3.05) is 13.2 Å². The Labute approximate surface area is 118 Å². The van der Waals surface area contributed by atoms with Crippen LogP contribution in [0.1, 0.15) is 19.3 Å². The van der Waals surface area contributed by atoms with Crippen molar-refractivity contribution in [2.24, 2.45) is 0 Å². The van der Waals surface area contributed by atoms with Crippen LogP contribution in [-0.4, -0.2) is 60.5 Å². The van der Waals surface area contributed by atoms with Crippen LogP contribution in [0.5, 0.6) is 0 Å². The van der Waals surface area contributed by atoms with E-state index in [-0.39, 0.29) is 26.1 Å². The van der Waals surface area contributed by atoms with Gasteiger partial charge < -0.3 is 19.3 Å². The molecule has 1 aliphatic heterocycles. The van der Waals surface area contributed by atoms with Crippen LogP contribution in [0.4, 0.5) is 8.78 Å².